The summed E-state index contributed by atoms with van der Waals surface area (Å²) in [5.74, 6) is 0. The van der Waals surface area contributed by atoms with E-state index in [1.807, 2.05) is 0 Å². The molecule has 3 nitrogen and oxygen atoms in total. The highest BCUT2D eigenvalue weighted by molar-refractivity contribution is 5.75. The van der Waals surface area contributed by atoms with Gasteiger partial charge in [0.25, 0.3) is 0 Å². The minimum atomic E-state index is -0.262. The topological polar surface area (TPSA) is 55.1 Å². The predicted molar refractivity (Wildman–Crippen MR) is 53.6 cm³/mol. The lowest BCUT2D eigenvalue weighted by atomic mass is 10.2. The lowest BCUT2D eigenvalue weighted by molar-refractivity contribution is 0.112. The van der Waals surface area contributed by atoms with Gasteiger partial charge in [-0.15, -0.1) is 0 Å². The Morgan fingerprint density at radius 2 is 2.00 bits per heavy atom. The molecule has 0 aliphatic carbocycles. The Kier molecular flexibility index (Phi) is 3.23. The van der Waals surface area contributed by atoms with Crippen LogP contribution in [0, 0.1) is 0 Å². The van der Waals surface area contributed by atoms with Crippen molar-refractivity contribution < 1.29 is 4.79 Å². The number of hydrogen-bond acceptors (Lipinski definition) is 3. The zero-order chi connectivity index (χ0) is 9.68. The number of aldehydes is 1. The van der Waals surface area contributed by atoms with Crippen LogP contribution in [0.2, 0.25) is 0 Å². The fourth-order valence-corrected chi connectivity index (χ4v) is 0.909. The molecule has 3 N–H and O–H groups in total. The lowest BCUT2D eigenvalue weighted by Gasteiger charge is -2.10. The van der Waals surface area contributed by atoms with Gasteiger partial charge in [0.15, 0.2) is 0 Å². The normalized spacial score (nSPS) is 11.8. The van der Waals surface area contributed by atoms with Crippen LogP contribution < -0.4 is 11.1 Å². The Balaban J connectivity index is 2.69. The van der Waals surface area contributed by atoms with E-state index in [9.17, 15) is 4.79 Å². The number of rotatable bonds is 4. The minimum absolute atomic E-state index is 0.262. The first-order chi connectivity index (χ1) is 6.26. The molecule has 3 heteroatoms. The summed E-state index contributed by atoms with van der Waals surface area (Å²) in [5, 5.41) is 2.99. The number of benzene rings is 1. The van der Waals surface area contributed by atoms with E-state index in [1.165, 1.54) is 0 Å². The maximum atomic E-state index is 10.3. The monoisotopic (exact) mass is 176 g/mol. The second kappa shape index (κ2) is 4.42. The quantitative estimate of drug-likeness (QED) is 0.414. The summed E-state index contributed by atoms with van der Waals surface area (Å²) in [5.41, 5.74) is 7.10. The summed E-state index contributed by atoms with van der Waals surface area (Å²) >= 11 is 0. The predicted octanol–water partition coefficient (Wildman–Crippen LogP) is 1.38. The first kappa shape index (κ1) is 9.48. The van der Waals surface area contributed by atoms with Crippen LogP contribution in [-0.4, -0.2) is 12.5 Å². The van der Waals surface area contributed by atoms with Crippen LogP contribution in [-0.2, 0) is 0 Å². The van der Waals surface area contributed by atoms with Gasteiger partial charge in [0.2, 0.25) is 0 Å². The molecule has 1 rings (SSSR count). The van der Waals surface area contributed by atoms with Crippen LogP contribution in [0.1, 0.15) is 10.4 Å². The number of nitrogens with one attached hydrogen (secondary N) is 1. The zero-order valence-corrected chi connectivity index (χ0v) is 7.23. The van der Waals surface area contributed by atoms with Crippen LogP contribution in [0.5, 0.6) is 0 Å². The molecule has 0 bridgehead atoms. The molecule has 0 saturated heterocycles. The van der Waals surface area contributed by atoms with Crippen molar-refractivity contribution in [2.24, 2.45) is 5.73 Å². The van der Waals surface area contributed by atoms with E-state index < -0.39 is 0 Å². The van der Waals surface area contributed by atoms with Crippen LogP contribution in [0.15, 0.2) is 36.9 Å². The van der Waals surface area contributed by atoms with Gasteiger partial charge in [0, 0.05) is 11.3 Å². The number of nitrogens with two attached hydrogens (primary N) is 1. The Labute approximate surface area is 77.3 Å². The van der Waals surface area contributed by atoms with Gasteiger partial charge in [-0.2, -0.15) is 0 Å². The van der Waals surface area contributed by atoms with Crippen molar-refractivity contribution >= 4 is 12.0 Å². The molecule has 0 heterocycles. The van der Waals surface area contributed by atoms with E-state index >= 15 is 0 Å². The second-order valence-electron chi connectivity index (χ2n) is 2.65. The molecule has 0 aliphatic rings. The van der Waals surface area contributed by atoms with E-state index in [-0.39, 0.29) is 6.17 Å². The number of anilines is 1. The number of carbonyl (C=O) groups is 1. The summed E-state index contributed by atoms with van der Waals surface area (Å²) < 4.78 is 0. The smallest absolute Gasteiger partial charge is 0.150 e. The Hall–Kier alpha value is -1.61. The molecule has 1 aromatic carbocycles. The largest absolute Gasteiger partial charge is 0.367 e. The summed E-state index contributed by atoms with van der Waals surface area (Å²) in [6.07, 6.45) is 2.15. The molecule has 0 aliphatic heterocycles. The van der Waals surface area contributed by atoms with E-state index in [0.29, 0.717) is 5.56 Å². The van der Waals surface area contributed by atoms with Crippen molar-refractivity contribution in [2.45, 2.75) is 6.17 Å². The van der Waals surface area contributed by atoms with Gasteiger partial charge in [-0.3, -0.25) is 4.79 Å². The molecule has 68 valence electrons. The molecule has 1 unspecified atom stereocenters. The number of carbonyl (C=O) groups excluding carboxylic acids is 1. The van der Waals surface area contributed by atoms with E-state index in [1.54, 1.807) is 30.3 Å². The Morgan fingerprint density at radius 3 is 2.46 bits per heavy atom. The fourth-order valence-electron chi connectivity index (χ4n) is 0.909. The Morgan fingerprint density at radius 1 is 1.38 bits per heavy atom. The highest BCUT2D eigenvalue weighted by Gasteiger charge is 1.96. The van der Waals surface area contributed by atoms with Gasteiger partial charge in [-0.05, 0) is 24.3 Å². The molecule has 0 saturated carbocycles. The van der Waals surface area contributed by atoms with Gasteiger partial charge >= 0.3 is 0 Å². The highest BCUT2D eigenvalue weighted by Crippen LogP contribution is 2.08. The van der Waals surface area contributed by atoms with Crippen LogP contribution >= 0.6 is 0 Å². The molecule has 1 atom stereocenters. The SMILES string of the molecule is C=CC(N)Nc1ccc(C=O)cc1. The molecule has 13 heavy (non-hydrogen) atoms. The maximum Gasteiger partial charge on any atom is 0.150 e. The maximum absolute atomic E-state index is 10.3. The van der Waals surface area contributed by atoms with Crippen LogP contribution in [0.25, 0.3) is 0 Å². The standard InChI is InChI=1S/C10H12N2O/c1-2-10(11)12-9-5-3-8(7-13)4-6-9/h2-7,10,12H,1,11H2. The highest BCUT2D eigenvalue weighted by atomic mass is 16.1. The van der Waals surface area contributed by atoms with E-state index in [4.69, 9.17) is 5.73 Å². The van der Waals surface area contributed by atoms with Gasteiger partial charge in [-0.25, -0.2) is 0 Å². The summed E-state index contributed by atoms with van der Waals surface area (Å²) in [6.45, 7) is 3.55. The molecule has 0 amide bonds. The molecule has 1 aromatic rings. The molecule has 0 fully saturated rings. The summed E-state index contributed by atoms with van der Waals surface area (Å²) in [4.78, 5) is 10.3. The molecular formula is C10H12N2O. The van der Waals surface area contributed by atoms with Gasteiger partial charge in [0.1, 0.15) is 6.29 Å². The van der Waals surface area contributed by atoms with Gasteiger partial charge in [-0.1, -0.05) is 12.7 Å². The van der Waals surface area contributed by atoms with Crippen LogP contribution in [0.3, 0.4) is 0 Å². The Bertz CT molecular complexity index is 292. The second-order valence-corrected chi connectivity index (χ2v) is 2.65. The zero-order valence-electron chi connectivity index (χ0n) is 7.23. The molecule has 0 spiro atoms. The van der Waals surface area contributed by atoms with E-state index in [0.717, 1.165) is 12.0 Å². The average molecular weight is 176 g/mol. The third-order valence-electron chi connectivity index (χ3n) is 1.63. The third kappa shape index (κ3) is 2.72. The third-order valence-corrected chi connectivity index (χ3v) is 1.63. The fraction of sp³-hybridized carbons (Fsp3) is 0.100. The van der Waals surface area contributed by atoms with Crippen LogP contribution in [0.4, 0.5) is 5.69 Å². The minimum Gasteiger partial charge on any atom is -0.367 e. The van der Waals surface area contributed by atoms with Crippen molar-refractivity contribution in [3.05, 3.63) is 42.5 Å². The number of hydrogen-bond donors (Lipinski definition) is 2. The summed E-state index contributed by atoms with van der Waals surface area (Å²) in [7, 11) is 0. The van der Waals surface area contributed by atoms with Crippen molar-refractivity contribution in [1.29, 1.82) is 0 Å². The van der Waals surface area contributed by atoms with Crippen molar-refractivity contribution in [1.82, 2.24) is 0 Å². The van der Waals surface area contributed by atoms with Crippen molar-refractivity contribution in [2.75, 3.05) is 5.32 Å². The van der Waals surface area contributed by atoms with Gasteiger partial charge < -0.3 is 11.1 Å². The lowest BCUT2D eigenvalue weighted by Crippen LogP contribution is -2.26. The van der Waals surface area contributed by atoms with Gasteiger partial charge in [0.05, 0.1) is 6.17 Å². The first-order valence-electron chi connectivity index (χ1n) is 3.96. The molecule has 0 radical (unpaired) electrons. The molecule has 0 aromatic heterocycles. The average Bonchev–Trinajstić information content (AvgIpc) is 2.19. The first-order valence-corrected chi connectivity index (χ1v) is 3.96. The molecular weight excluding hydrogens is 164 g/mol. The van der Waals surface area contributed by atoms with Crippen molar-refractivity contribution in [3.8, 4) is 0 Å². The van der Waals surface area contributed by atoms with E-state index in [2.05, 4.69) is 11.9 Å². The van der Waals surface area contributed by atoms with Crippen molar-refractivity contribution in [3.63, 3.8) is 0 Å². The summed E-state index contributed by atoms with van der Waals surface area (Å²) in [6, 6.07) is 7.05.